The summed E-state index contributed by atoms with van der Waals surface area (Å²) in [6.45, 7) is 3.59. The standard InChI is InChI=1S/C6H14O3/c1-3-6(8)4-9-5(2)7/h5-8H,3-4H2,1-2H3. The summed E-state index contributed by atoms with van der Waals surface area (Å²) in [5, 5.41) is 17.4. The third-order valence-electron chi connectivity index (χ3n) is 1.00. The number of ether oxygens (including phenoxy) is 1. The molecular weight excluding hydrogens is 120 g/mol. The Morgan fingerprint density at radius 1 is 1.44 bits per heavy atom. The van der Waals surface area contributed by atoms with Crippen LogP contribution in [-0.4, -0.2) is 29.2 Å². The van der Waals surface area contributed by atoms with Crippen LogP contribution in [-0.2, 0) is 4.74 Å². The molecule has 0 aromatic carbocycles. The van der Waals surface area contributed by atoms with Crippen molar-refractivity contribution in [1.29, 1.82) is 0 Å². The van der Waals surface area contributed by atoms with Crippen molar-refractivity contribution in [3.63, 3.8) is 0 Å². The molecule has 0 radical (unpaired) electrons. The molecule has 3 nitrogen and oxygen atoms in total. The van der Waals surface area contributed by atoms with Gasteiger partial charge in [-0.1, -0.05) is 6.92 Å². The molecular formula is C6H14O3. The van der Waals surface area contributed by atoms with Gasteiger partial charge in [0.15, 0.2) is 6.29 Å². The highest BCUT2D eigenvalue weighted by molar-refractivity contribution is 4.47. The lowest BCUT2D eigenvalue weighted by molar-refractivity contribution is -0.109. The first-order chi connectivity index (χ1) is 4.16. The van der Waals surface area contributed by atoms with E-state index in [1.54, 1.807) is 0 Å². The van der Waals surface area contributed by atoms with E-state index in [4.69, 9.17) is 14.9 Å². The summed E-state index contributed by atoms with van der Waals surface area (Å²) in [6, 6.07) is 0. The number of rotatable bonds is 4. The maximum absolute atomic E-state index is 8.87. The highest BCUT2D eigenvalue weighted by Gasteiger charge is 2.01. The second kappa shape index (κ2) is 4.73. The third kappa shape index (κ3) is 5.76. The van der Waals surface area contributed by atoms with Gasteiger partial charge in [0.1, 0.15) is 0 Å². The second-order valence-electron chi connectivity index (χ2n) is 1.99. The van der Waals surface area contributed by atoms with Crippen LogP contribution in [0.3, 0.4) is 0 Å². The van der Waals surface area contributed by atoms with Gasteiger partial charge in [0.05, 0.1) is 12.7 Å². The molecule has 0 rings (SSSR count). The quantitative estimate of drug-likeness (QED) is 0.536. The summed E-state index contributed by atoms with van der Waals surface area (Å²) in [5.74, 6) is 0. The van der Waals surface area contributed by atoms with Gasteiger partial charge in [-0.25, -0.2) is 0 Å². The normalized spacial score (nSPS) is 17.3. The second-order valence-corrected chi connectivity index (χ2v) is 1.99. The molecule has 2 atom stereocenters. The van der Waals surface area contributed by atoms with E-state index in [9.17, 15) is 0 Å². The van der Waals surface area contributed by atoms with E-state index in [0.717, 1.165) is 0 Å². The van der Waals surface area contributed by atoms with Gasteiger partial charge in [0, 0.05) is 0 Å². The fourth-order valence-corrected chi connectivity index (χ4v) is 0.368. The van der Waals surface area contributed by atoms with Crippen molar-refractivity contribution in [1.82, 2.24) is 0 Å². The number of hydrogen-bond donors (Lipinski definition) is 2. The zero-order chi connectivity index (χ0) is 7.28. The summed E-state index contributed by atoms with van der Waals surface area (Å²) in [7, 11) is 0. The average molecular weight is 134 g/mol. The molecule has 0 aliphatic rings. The summed E-state index contributed by atoms with van der Waals surface area (Å²) < 4.78 is 4.70. The average Bonchev–Trinajstić information content (AvgIpc) is 1.83. The third-order valence-corrected chi connectivity index (χ3v) is 1.00. The van der Waals surface area contributed by atoms with Crippen molar-refractivity contribution in [3.8, 4) is 0 Å². The minimum absolute atomic E-state index is 0.216. The van der Waals surface area contributed by atoms with Crippen molar-refractivity contribution in [3.05, 3.63) is 0 Å². The SMILES string of the molecule is CCC(O)COC(C)O. The Morgan fingerprint density at radius 2 is 2.00 bits per heavy atom. The Balaban J connectivity index is 3.06. The van der Waals surface area contributed by atoms with Gasteiger partial charge in [-0.15, -0.1) is 0 Å². The highest BCUT2D eigenvalue weighted by Crippen LogP contribution is 1.92. The molecule has 2 unspecified atom stereocenters. The first-order valence-electron chi connectivity index (χ1n) is 3.14. The Hall–Kier alpha value is -0.120. The number of aliphatic hydroxyl groups is 2. The molecule has 0 fully saturated rings. The molecule has 2 N–H and O–H groups in total. The molecule has 0 aromatic heterocycles. The maximum Gasteiger partial charge on any atom is 0.151 e. The van der Waals surface area contributed by atoms with Crippen LogP contribution in [0.2, 0.25) is 0 Å². The molecule has 56 valence electrons. The van der Waals surface area contributed by atoms with Crippen LogP contribution in [0.5, 0.6) is 0 Å². The zero-order valence-electron chi connectivity index (χ0n) is 5.87. The molecule has 0 saturated carbocycles. The minimum Gasteiger partial charge on any atom is -0.391 e. The van der Waals surface area contributed by atoms with E-state index >= 15 is 0 Å². The fraction of sp³-hybridized carbons (Fsp3) is 1.00. The van der Waals surface area contributed by atoms with E-state index in [1.807, 2.05) is 6.92 Å². The summed E-state index contributed by atoms with van der Waals surface area (Å²) in [5.41, 5.74) is 0. The molecule has 0 saturated heterocycles. The highest BCUT2D eigenvalue weighted by atomic mass is 16.6. The lowest BCUT2D eigenvalue weighted by atomic mass is 10.3. The first-order valence-corrected chi connectivity index (χ1v) is 3.14. The largest absolute Gasteiger partial charge is 0.391 e. The van der Waals surface area contributed by atoms with Crippen molar-refractivity contribution in [2.24, 2.45) is 0 Å². The summed E-state index contributed by atoms with van der Waals surface area (Å²) in [6.07, 6.45) is -0.557. The van der Waals surface area contributed by atoms with Gasteiger partial charge < -0.3 is 14.9 Å². The van der Waals surface area contributed by atoms with E-state index in [-0.39, 0.29) is 6.61 Å². The molecule has 0 amide bonds. The van der Waals surface area contributed by atoms with E-state index in [0.29, 0.717) is 6.42 Å². The lowest BCUT2D eigenvalue weighted by Gasteiger charge is -2.09. The Kier molecular flexibility index (Phi) is 4.67. The number of aliphatic hydroxyl groups excluding tert-OH is 2. The van der Waals surface area contributed by atoms with Crippen LogP contribution in [0, 0.1) is 0 Å². The van der Waals surface area contributed by atoms with Gasteiger partial charge in [-0.3, -0.25) is 0 Å². The topological polar surface area (TPSA) is 49.7 Å². The molecule has 0 bridgehead atoms. The molecule has 3 heteroatoms. The molecule has 9 heavy (non-hydrogen) atoms. The van der Waals surface area contributed by atoms with Gasteiger partial charge in [0.25, 0.3) is 0 Å². The van der Waals surface area contributed by atoms with Crippen LogP contribution >= 0.6 is 0 Å². The monoisotopic (exact) mass is 134 g/mol. The Labute approximate surface area is 55.3 Å². The van der Waals surface area contributed by atoms with E-state index < -0.39 is 12.4 Å². The smallest absolute Gasteiger partial charge is 0.151 e. The van der Waals surface area contributed by atoms with Crippen molar-refractivity contribution >= 4 is 0 Å². The van der Waals surface area contributed by atoms with Crippen molar-refractivity contribution in [2.45, 2.75) is 32.7 Å². The number of hydrogen-bond acceptors (Lipinski definition) is 3. The summed E-state index contributed by atoms with van der Waals surface area (Å²) >= 11 is 0. The zero-order valence-corrected chi connectivity index (χ0v) is 5.87. The van der Waals surface area contributed by atoms with Crippen LogP contribution in [0.4, 0.5) is 0 Å². The van der Waals surface area contributed by atoms with E-state index in [1.165, 1.54) is 6.92 Å². The van der Waals surface area contributed by atoms with Crippen LogP contribution in [0.25, 0.3) is 0 Å². The van der Waals surface area contributed by atoms with Crippen molar-refractivity contribution < 1.29 is 14.9 Å². The molecule has 0 spiro atoms. The lowest BCUT2D eigenvalue weighted by Crippen LogP contribution is -2.18. The Bertz CT molecular complexity index is 63.3. The van der Waals surface area contributed by atoms with Gasteiger partial charge >= 0.3 is 0 Å². The molecule has 0 aromatic rings. The predicted octanol–water partition coefficient (Wildman–Crippen LogP) is 0.112. The van der Waals surface area contributed by atoms with Gasteiger partial charge in [-0.2, -0.15) is 0 Å². The minimum atomic E-state index is -0.772. The maximum atomic E-state index is 8.87. The van der Waals surface area contributed by atoms with E-state index in [2.05, 4.69) is 0 Å². The molecule has 0 aliphatic carbocycles. The molecule has 0 heterocycles. The van der Waals surface area contributed by atoms with Gasteiger partial charge in [0.2, 0.25) is 0 Å². The van der Waals surface area contributed by atoms with Gasteiger partial charge in [-0.05, 0) is 13.3 Å². The van der Waals surface area contributed by atoms with Crippen LogP contribution in [0.1, 0.15) is 20.3 Å². The molecule has 0 aliphatic heterocycles. The van der Waals surface area contributed by atoms with Crippen LogP contribution in [0.15, 0.2) is 0 Å². The fourth-order valence-electron chi connectivity index (χ4n) is 0.368. The first kappa shape index (κ1) is 8.88. The summed E-state index contributed by atoms with van der Waals surface area (Å²) in [4.78, 5) is 0. The predicted molar refractivity (Wildman–Crippen MR) is 33.9 cm³/mol. The van der Waals surface area contributed by atoms with Crippen molar-refractivity contribution in [2.75, 3.05) is 6.61 Å². The van der Waals surface area contributed by atoms with Crippen LogP contribution < -0.4 is 0 Å². The Morgan fingerprint density at radius 3 is 2.33 bits per heavy atom.